The van der Waals surface area contributed by atoms with Gasteiger partial charge in [-0.05, 0) is 39.0 Å². The fourth-order valence-corrected chi connectivity index (χ4v) is 4.07. The van der Waals surface area contributed by atoms with Crippen LogP contribution in [0.15, 0.2) is 17.1 Å². The van der Waals surface area contributed by atoms with E-state index in [1.807, 2.05) is 0 Å². The van der Waals surface area contributed by atoms with Crippen LogP contribution in [0.3, 0.4) is 0 Å². The number of likely N-dealkylation sites (N-methyl/N-ethyl adjacent to an activating group) is 1. The van der Waals surface area contributed by atoms with Crippen LogP contribution < -0.4 is 0 Å². The van der Waals surface area contributed by atoms with E-state index in [9.17, 15) is 5.11 Å². The number of unbranched alkanes of at least 4 members (excludes halogenated alkanes) is 10. The second-order valence-corrected chi connectivity index (χ2v) is 7.91. The van der Waals surface area contributed by atoms with E-state index in [4.69, 9.17) is 4.99 Å². The van der Waals surface area contributed by atoms with Gasteiger partial charge in [0.1, 0.15) is 13.1 Å². The molecule has 1 heterocycles. The Balaban J connectivity index is 1.98. The van der Waals surface area contributed by atoms with Gasteiger partial charge in [0, 0.05) is 6.42 Å². The zero-order chi connectivity index (χ0) is 18.9. The quantitative estimate of drug-likeness (QED) is 0.195. The molecule has 0 aromatic heterocycles. The van der Waals surface area contributed by atoms with E-state index in [-0.39, 0.29) is 6.61 Å². The average Bonchev–Trinajstić information content (AvgIpc) is 3.05. The monoisotopic (exact) mass is 365 g/mol. The highest BCUT2D eigenvalue weighted by atomic mass is 16.3. The van der Waals surface area contributed by atoms with Crippen LogP contribution in [0.5, 0.6) is 0 Å². The number of quaternary nitrogens is 1. The molecule has 1 atom stereocenters. The van der Waals surface area contributed by atoms with E-state index in [2.05, 4.69) is 26.0 Å². The van der Waals surface area contributed by atoms with Crippen molar-refractivity contribution in [1.82, 2.24) is 0 Å². The number of aliphatic hydroxyl groups is 1. The largest absolute Gasteiger partial charge is 0.390 e. The molecule has 1 N–H and O–H groups in total. The number of rotatable bonds is 17. The molecule has 0 fully saturated rings. The summed E-state index contributed by atoms with van der Waals surface area (Å²) in [7, 11) is 0. The Hall–Kier alpha value is -0.670. The summed E-state index contributed by atoms with van der Waals surface area (Å²) in [5.74, 6) is 1.34. The molecule has 1 aliphatic rings. The summed E-state index contributed by atoms with van der Waals surface area (Å²) in [5, 5.41) is 9.36. The summed E-state index contributed by atoms with van der Waals surface area (Å²) < 4.78 is 0.935. The van der Waals surface area contributed by atoms with Crippen LogP contribution in [0, 0.1) is 0 Å². The molecule has 1 rings (SSSR count). The van der Waals surface area contributed by atoms with Crippen molar-refractivity contribution in [3.8, 4) is 0 Å². The van der Waals surface area contributed by atoms with E-state index >= 15 is 0 Å². The molecule has 0 spiro atoms. The zero-order valence-electron chi connectivity index (χ0n) is 17.7. The van der Waals surface area contributed by atoms with Crippen LogP contribution in [-0.2, 0) is 0 Å². The van der Waals surface area contributed by atoms with Gasteiger partial charge in [0.15, 0.2) is 5.84 Å². The summed E-state index contributed by atoms with van der Waals surface area (Å²) in [6.07, 6.45) is 22.1. The first-order chi connectivity index (χ1) is 12.8. The van der Waals surface area contributed by atoms with E-state index in [0.29, 0.717) is 0 Å². The van der Waals surface area contributed by atoms with Gasteiger partial charge in [-0.25, -0.2) is 4.99 Å². The highest BCUT2D eigenvalue weighted by Crippen LogP contribution is 2.19. The van der Waals surface area contributed by atoms with Crippen LogP contribution in [0.2, 0.25) is 0 Å². The summed E-state index contributed by atoms with van der Waals surface area (Å²) in [5.41, 5.74) is 0. The number of allylic oxidation sites excluding steroid dienone is 2. The average molecular weight is 366 g/mol. The molecule has 0 amide bonds. The summed E-state index contributed by atoms with van der Waals surface area (Å²) >= 11 is 0. The minimum atomic E-state index is 0.272. The van der Waals surface area contributed by atoms with E-state index < -0.39 is 0 Å². The van der Waals surface area contributed by atoms with Gasteiger partial charge >= 0.3 is 0 Å². The lowest BCUT2D eigenvalue weighted by Gasteiger charge is -2.33. The lowest BCUT2D eigenvalue weighted by Crippen LogP contribution is -2.52. The molecule has 0 aromatic carbocycles. The Morgan fingerprint density at radius 3 is 2.12 bits per heavy atom. The number of aliphatic hydroxyl groups excluding tert-OH is 1. The van der Waals surface area contributed by atoms with E-state index in [1.165, 1.54) is 82.9 Å². The van der Waals surface area contributed by atoms with Gasteiger partial charge in [-0.2, -0.15) is 0 Å². The van der Waals surface area contributed by atoms with Gasteiger partial charge in [-0.15, -0.1) is 0 Å². The first kappa shape index (κ1) is 23.4. The van der Waals surface area contributed by atoms with Gasteiger partial charge < -0.3 is 5.11 Å². The van der Waals surface area contributed by atoms with Crippen molar-refractivity contribution in [1.29, 1.82) is 0 Å². The van der Waals surface area contributed by atoms with Crippen LogP contribution in [-0.4, -0.2) is 48.2 Å². The van der Waals surface area contributed by atoms with Gasteiger partial charge in [-0.1, -0.05) is 64.0 Å². The summed E-state index contributed by atoms with van der Waals surface area (Å²) in [4.78, 5) is 4.74. The minimum Gasteiger partial charge on any atom is -0.390 e. The molecule has 0 aromatic rings. The van der Waals surface area contributed by atoms with Crippen LogP contribution in [0.1, 0.15) is 97.3 Å². The Bertz CT molecular complexity index is 392. The van der Waals surface area contributed by atoms with Gasteiger partial charge in [0.05, 0.1) is 19.7 Å². The Morgan fingerprint density at radius 1 is 0.885 bits per heavy atom. The van der Waals surface area contributed by atoms with Crippen LogP contribution >= 0.6 is 0 Å². The first-order valence-electron chi connectivity index (χ1n) is 11.4. The third-order valence-electron chi connectivity index (χ3n) is 5.92. The number of nitrogens with zero attached hydrogens (tertiary/aromatic N) is 2. The minimum absolute atomic E-state index is 0.272. The summed E-state index contributed by atoms with van der Waals surface area (Å²) in [6.45, 7) is 8.72. The SMILES string of the molecule is CCCCCCCCCC/C=C/CCCCC1=NCC[N+]1(CC)CCO. The first-order valence-corrected chi connectivity index (χ1v) is 11.4. The molecule has 26 heavy (non-hydrogen) atoms. The Morgan fingerprint density at radius 2 is 1.50 bits per heavy atom. The van der Waals surface area contributed by atoms with Gasteiger partial charge in [0.25, 0.3) is 0 Å². The Labute approximate surface area is 163 Å². The van der Waals surface area contributed by atoms with Crippen molar-refractivity contribution in [3.05, 3.63) is 12.2 Å². The second-order valence-electron chi connectivity index (χ2n) is 7.91. The molecular formula is C23H45N2O+. The van der Waals surface area contributed by atoms with Gasteiger partial charge in [0.2, 0.25) is 0 Å². The molecule has 152 valence electrons. The normalized spacial score (nSPS) is 20.2. The molecule has 0 radical (unpaired) electrons. The molecule has 0 saturated heterocycles. The van der Waals surface area contributed by atoms with Crippen molar-refractivity contribution < 1.29 is 9.59 Å². The highest BCUT2D eigenvalue weighted by Gasteiger charge is 2.35. The maximum Gasteiger partial charge on any atom is 0.198 e. The standard InChI is InChI=1S/C23H45N2O/c1-3-5-6-7-8-9-10-11-12-13-14-15-16-17-18-23-24-19-20-25(23,4-2)21-22-26/h13-14,26H,3-12,15-22H2,1-2H3/q+1/b14-13+. The topological polar surface area (TPSA) is 32.6 Å². The van der Waals surface area contributed by atoms with Crippen LogP contribution in [0.4, 0.5) is 0 Å². The lowest BCUT2D eigenvalue weighted by molar-refractivity contribution is -0.835. The molecule has 0 bridgehead atoms. The summed E-state index contributed by atoms with van der Waals surface area (Å²) in [6, 6.07) is 0. The Kier molecular flexibility index (Phi) is 13.8. The number of amidine groups is 1. The van der Waals surface area contributed by atoms with Crippen molar-refractivity contribution in [2.24, 2.45) is 4.99 Å². The molecule has 0 aliphatic carbocycles. The van der Waals surface area contributed by atoms with Crippen molar-refractivity contribution >= 4 is 5.84 Å². The molecule has 3 nitrogen and oxygen atoms in total. The zero-order valence-corrected chi connectivity index (χ0v) is 17.7. The van der Waals surface area contributed by atoms with Gasteiger partial charge in [-0.3, -0.25) is 4.48 Å². The fourth-order valence-electron chi connectivity index (χ4n) is 4.07. The molecule has 1 unspecified atom stereocenters. The fraction of sp³-hybridized carbons (Fsp3) is 0.870. The third-order valence-corrected chi connectivity index (χ3v) is 5.92. The second kappa shape index (κ2) is 15.4. The smallest absolute Gasteiger partial charge is 0.198 e. The molecular weight excluding hydrogens is 320 g/mol. The third kappa shape index (κ3) is 9.32. The van der Waals surface area contributed by atoms with E-state index in [0.717, 1.165) is 37.1 Å². The van der Waals surface area contributed by atoms with E-state index in [1.54, 1.807) is 0 Å². The highest BCUT2D eigenvalue weighted by molar-refractivity contribution is 5.76. The van der Waals surface area contributed by atoms with Crippen molar-refractivity contribution in [3.63, 3.8) is 0 Å². The predicted molar refractivity (Wildman–Crippen MR) is 115 cm³/mol. The maximum absolute atomic E-state index is 9.36. The van der Waals surface area contributed by atoms with Crippen LogP contribution in [0.25, 0.3) is 0 Å². The molecule has 3 heteroatoms. The lowest BCUT2D eigenvalue weighted by atomic mass is 10.1. The number of hydrogen-bond donors (Lipinski definition) is 1. The molecule has 1 aliphatic heterocycles. The predicted octanol–water partition coefficient (Wildman–Crippen LogP) is 5.87. The van der Waals surface area contributed by atoms with Crippen molar-refractivity contribution in [2.45, 2.75) is 97.3 Å². The number of hydrogen-bond acceptors (Lipinski definition) is 2. The van der Waals surface area contributed by atoms with Crippen molar-refractivity contribution in [2.75, 3.05) is 32.8 Å². The number of aliphatic imine (C=N–C) groups is 1. The maximum atomic E-state index is 9.36. The molecule has 0 saturated carbocycles.